The van der Waals surface area contributed by atoms with Crippen LogP contribution < -0.4 is 0 Å². The van der Waals surface area contributed by atoms with E-state index in [0.29, 0.717) is 11.6 Å². The first-order valence-corrected chi connectivity index (χ1v) is 9.64. The van der Waals surface area contributed by atoms with Gasteiger partial charge < -0.3 is 0 Å². The summed E-state index contributed by atoms with van der Waals surface area (Å²) in [5.41, 5.74) is 2.83. The molecule has 0 radical (unpaired) electrons. The van der Waals surface area contributed by atoms with E-state index in [1.165, 1.54) is 11.3 Å². The maximum Gasteiger partial charge on any atom is 0.270 e. The molecule has 1 aromatic heterocycles. The van der Waals surface area contributed by atoms with E-state index in [0.717, 1.165) is 39.0 Å². The molecule has 1 aliphatic heterocycles. The number of carbonyl (C=O) groups is 1. The molecule has 0 spiro atoms. The number of carbonyl (C=O) groups excluding carboxylic acids is 1. The average Bonchev–Trinajstić information content (AvgIpc) is 2.97. The number of benzene rings is 1. The van der Waals surface area contributed by atoms with Crippen LogP contribution in [0.25, 0.3) is 0 Å². The highest BCUT2D eigenvalue weighted by Gasteiger charge is 2.26. The molecule has 6 heteroatoms. The molecule has 1 fully saturated rings. The maximum atomic E-state index is 12.8. The minimum atomic E-state index is 0.0432. The molecule has 1 aromatic carbocycles. The van der Waals surface area contributed by atoms with Gasteiger partial charge in [-0.3, -0.25) is 9.69 Å². The van der Waals surface area contributed by atoms with E-state index in [1.54, 1.807) is 16.7 Å². The lowest BCUT2D eigenvalue weighted by molar-refractivity contribution is 0.0853. The van der Waals surface area contributed by atoms with Crippen molar-refractivity contribution in [3.63, 3.8) is 0 Å². The molecule has 1 aliphatic rings. The van der Waals surface area contributed by atoms with E-state index in [2.05, 4.69) is 4.99 Å². The predicted molar refractivity (Wildman–Crippen MR) is 100 cm³/mol. The SMILES string of the molecule is Cc1ccc(N=C2SCCCN2C(=O)c2sccc2C)cc1Cl. The van der Waals surface area contributed by atoms with Gasteiger partial charge in [0.2, 0.25) is 0 Å². The third-order valence-electron chi connectivity index (χ3n) is 3.67. The Kier molecular flexibility index (Phi) is 5.09. The monoisotopic (exact) mass is 364 g/mol. The number of hydrogen-bond donors (Lipinski definition) is 0. The fourth-order valence-electron chi connectivity index (χ4n) is 2.32. The highest BCUT2D eigenvalue weighted by Crippen LogP contribution is 2.28. The van der Waals surface area contributed by atoms with Crippen molar-refractivity contribution in [2.45, 2.75) is 20.3 Å². The predicted octanol–water partition coefficient (Wildman–Crippen LogP) is 5.29. The molecule has 2 aromatic rings. The van der Waals surface area contributed by atoms with Crippen molar-refractivity contribution >= 4 is 51.5 Å². The maximum absolute atomic E-state index is 12.8. The van der Waals surface area contributed by atoms with Crippen LogP contribution in [0.2, 0.25) is 5.02 Å². The van der Waals surface area contributed by atoms with Crippen molar-refractivity contribution in [2.24, 2.45) is 4.99 Å². The first kappa shape index (κ1) is 16.6. The van der Waals surface area contributed by atoms with Gasteiger partial charge in [-0.1, -0.05) is 29.4 Å². The lowest BCUT2D eigenvalue weighted by atomic mass is 10.2. The van der Waals surface area contributed by atoms with E-state index in [4.69, 9.17) is 11.6 Å². The zero-order chi connectivity index (χ0) is 16.4. The van der Waals surface area contributed by atoms with Gasteiger partial charge in [0.1, 0.15) is 0 Å². The molecule has 0 N–H and O–H groups in total. The number of rotatable bonds is 2. The van der Waals surface area contributed by atoms with Crippen LogP contribution >= 0.6 is 34.7 Å². The zero-order valence-electron chi connectivity index (χ0n) is 13.0. The molecule has 0 atom stereocenters. The first-order chi connectivity index (χ1) is 11.1. The number of aliphatic imine (C=N–C) groups is 1. The number of aryl methyl sites for hydroxylation is 2. The fourth-order valence-corrected chi connectivity index (χ4v) is 4.32. The molecule has 1 saturated heterocycles. The summed E-state index contributed by atoms with van der Waals surface area (Å²) < 4.78 is 0. The van der Waals surface area contributed by atoms with Crippen LogP contribution in [-0.2, 0) is 0 Å². The molecule has 2 heterocycles. The number of halogens is 1. The number of hydrogen-bond acceptors (Lipinski definition) is 4. The summed E-state index contributed by atoms with van der Waals surface area (Å²) in [5.74, 6) is 1.02. The van der Waals surface area contributed by atoms with Crippen molar-refractivity contribution in [3.8, 4) is 0 Å². The average molecular weight is 365 g/mol. The third kappa shape index (κ3) is 3.62. The zero-order valence-corrected chi connectivity index (χ0v) is 15.4. The number of thioether (sulfide) groups is 1. The third-order valence-corrected chi connectivity index (χ3v) is 6.14. The van der Waals surface area contributed by atoms with Crippen LogP contribution in [0.4, 0.5) is 5.69 Å². The van der Waals surface area contributed by atoms with E-state index in [1.807, 2.05) is 43.5 Å². The lowest BCUT2D eigenvalue weighted by Gasteiger charge is -2.27. The van der Waals surface area contributed by atoms with Gasteiger partial charge >= 0.3 is 0 Å². The topological polar surface area (TPSA) is 32.7 Å². The van der Waals surface area contributed by atoms with E-state index >= 15 is 0 Å². The highest BCUT2D eigenvalue weighted by atomic mass is 35.5. The van der Waals surface area contributed by atoms with Crippen LogP contribution in [0.3, 0.4) is 0 Å². The lowest BCUT2D eigenvalue weighted by Crippen LogP contribution is -2.39. The fraction of sp³-hybridized carbons (Fsp3) is 0.294. The molecule has 1 amide bonds. The summed E-state index contributed by atoms with van der Waals surface area (Å²) in [6.45, 7) is 4.64. The normalized spacial score (nSPS) is 16.8. The quantitative estimate of drug-likeness (QED) is 0.725. The van der Waals surface area contributed by atoms with Crippen molar-refractivity contribution in [1.82, 2.24) is 4.90 Å². The molecule has 0 unspecified atom stereocenters. The Balaban J connectivity index is 1.92. The Hall–Kier alpha value is -1.30. The van der Waals surface area contributed by atoms with E-state index < -0.39 is 0 Å². The summed E-state index contributed by atoms with van der Waals surface area (Å²) >= 11 is 9.29. The van der Waals surface area contributed by atoms with Crippen LogP contribution in [0, 0.1) is 13.8 Å². The molecule has 0 bridgehead atoms. The first-order valence-electron chi connectivity index (χ1n) is 7.40. The summed E-state index contributed by atoms with van der Waals surface area (Å²) in [4.78, 5) is 20.1. The summed E-state index contributed by atoms with van der Waals surface area (Å²) in [6, 6.07) is 7.71. The van der Waals surface area contributed by atoms with Gasteiger partial charge in [-0.05, 0) is 55.0 Å². The van der Waals surface area contributed by atoms with Crippen molar-refractivity contribution in [1.29, 1.82) is 0 Å². The number of amides is 1. The van der Waals surface area contributed by atoms with Crippen LogP contribution in [0.15, 0.2) is 34.6 Å². The van der Waals surface area contributed by atoms with Crippen molar-refractivity contribution in [2.75, 3.05) is 12.3 Å². The van der Waals surface area contributed by atoms with Crippen molar-refractivity contribution in [3.05, 3.63) is 50.7 Å². The Morgan fingerprint density at radius 2 is 2.09 bits per heavy atom. The minimum absolute atomic E-state index is 0.0432. The second-order valence-corrected chi connectivity index (χ2v) is 7.80. The Morgan fingerprint density at radius 1 is 1.26 bits per heavy atom. The molecule has 0 saturated carbocycles. The number of thiophene rings is 1. The molecule has 120 valence electrons. The van der Waals surface area contributed by atoms with Gasteiger partial charge in [-0.25, -0.2) is 4.99 Å². The molecular formula is C17H17ClN2OS2. The van der Waals surface area contributed by atoms with Gasteiger partial charge in [0.05, 0.1) is 10.6 Å². The van der Waals surface area contributed by atoms with E-state index in [-0.39, 0.29) is 5.91 Å². The second-order valence-electron chi connectivity index (χ2n) is 5.42. The second kappa shape index (κ2) is 7.07. The smallest absolute Gasteiger partial charge is 0.270 e. The molecular weight excluding hydrogens is 348 g/mol. The summed E-state index contributed by atoms with van der Waals surface area (Å²) in [6.07, 6.45) is 0.981. The summed E-state index contributed by atoms with van der Waals surface area (Å²) in [5, 5.41) is 3.41. The highest BCUT2D eigenvalue weighted by molar-refractivity contribution is 8.13. The number of amidine groups is 1. The van der Waals surface area contributed by atoms with Gasteiger partial charge in [0.25, 0.3) is 5.91 Å². The van der Waals surface area contributed by atoms with Gasteiger partial charge in [0, 0.05) is 17.3 Å². The Morgan fingerprint density at radius 3 is 2.78 bits per heavy atom. The molecule has 3 nitrogen and oxygen atoms in total. The Bertz CT molecular complexity index is 770. The van der Waals surface area contributed by atoms with Gasteiger partial charge in [-0.15, -0.1) is 11.3 Å². The standard InChI is InChI=1S/C17H17ClN2OS2/c1-11-4-5-13(10-14(11)18)19-17-20(7-3-8-23-17)16(21)15-12(2)6-9-22-15/h4-6,9-10H,3,7-8H2,1-2H3. The van der Waals surface area contributed by atoms with Crippen molar-refractivity contribution < 1.29 is 4.79 Å². The number of nitrogens with zero attached hydrogens (tertiary/aromatic N) is 2. The summed E-state index contributed by atoms with van der Waals surface area (Å²) in [7, 11) is 0. The molecule has 3 rings (SSSR count). The van der Waals surface area contributed by atoms with Gasteiger partial charge in [-0.2, -0.15) is 0 Å². The molecule has 23 heavy (non-hydrogen) atoms. The Labute approximate surface area is 149 Å². The van der Waals surface area contributed by atoms with E-state index in [9.17, 15) is 4.79 Å². The van der Waals surface area contributed by atoms with Crippen LogP contribution in [0.1, 0.15) is 27.2 Å². The van der Waals surface area contributed by atoms with Gasteiger partial charge in [0.15, 0.2) is 5.17 Å². The molecule has 0 aliphatic carbocycles. The minimum Gasteiger partial charge on any atom is -0.286 e. The van der Waals surface area contributed by atoms with Crippen LogP contribution in [0.5, 0.6) is 0 Å². The largest absolute Gasteiger partial charge is 0.286 e. The van der Waals surface area contributed by atoms with Crippen LogP contribution in [-0.4, -0.2) is 28.3 Å².